The molecule has 1 fully saturated rings. The fraction of sp³-hybridized carbons (Fsp3) is 0.350. The van der Waals surface area contributed by atoms with Crippen LogP contribution < -0.4 is 10.1 Å². The van der Waals surface area contributed by atoms with Crippen LogP contribution in [0, 0.1) is 0 Å². The van der Waals surface area contributed by atoms with E-state index < -0.39 is 24.0 Å². The summed E-state index contributed by atoms with van der Waals surface area (Å²) in [6, 6.07) is 4.79. The molecule has 0 saturated heterocycles. The number of benzene rings is 1. The highest BCUT2D eigenvalue weighted by atomic mass is 19.4. The Morgan fingerprint density at radius 3 is 2.60 bits per heavy atom. The number of nitrogens with one attached hydrogen (secondary N) is 1. The maximum Gasteiger partial charge on any atom is 0.573 e. The van der Waals surface area contributed by atoms with Crippen molar-refractivity contribution < 1.29 is 28.1 Å². The van der Waals surface area contributed by atoms with Crippen LogP contribution in [0.25, 0.3) is 22.0 Å². The molecule has 0 unspecified atom stereocenters. The van der Waals surface area contributed by atoms with Gasteiger partial charge in [-0.1, -0.05) is 12.8 Å². The molecular weight excluding hydrogens is 401 g/mol. The third kappa shape index (κ3) is 4.23. The number of alkyl halides is 3. The van der Waals surface area contributed by atoms with Crippen LogP contribution in [-0.4, -0.2) is 43.9 Å². The zero-order chi connectivity index (χ0) is 21.3. The Hall–Kier alpha value is -3.14. The van der Waals surface area contributed by atoms with Gasteiger partial charge in [0.2, 0.25) is 0 Å². The van der Waals surface area contributed by atoms with E-state index >= 15 is 0 Å². The van der Waals surface area contributed by atoms with Crippen LogP contribution in [0.2, 0.25) is 0 Å². The van der Waals surface area contributed by atoms with E-state index in [2.05, 4.69) is 25.2 Å². The topological polar surface area (TPSA) is 100 Å². The highest BCUT2D eigenvalue weighted by Crippen LogP contribution is 2.37. The first-order valence-electron chi connectivity index (χ1n) is 9.46. The second-order valence-electron chi connectivity index (χ2n) is 7.15. The largest absolute Gasteiger partial charge is 0.573 e. The van der Waals surface area contributed by atoms with Gasteiger partial charge in [-0.05, 0) is 31.0 Å². The number of aromatic hydroxyl groups is 1. The summed E-state index contributed by atoms with van der Waals surface area (Å²) in [6.45, 7) is 0. The summed E-state index contributed by atoms with van der Waals surface area (Å²) in [4.78, 5) is 4.12. The first-order valence-corrected chi connectivity index (χ1v) is 9.46. The Kier molecular flexibility index (Phi) is 5.33. The number of anilines is 1. The van der Waals surface area contributed by atoms with Crippen molar-refractivity contribution in [3.05, 3.63) is 36.7 Å². The Morgan fingerprint density at radius 1 is 1.07 bits per heavy atom. The predicted octanol–water partition coefficient (Wildman–Crippen LogP) is 4.01. The minimum Gasteiger partial charge on any atom is -0.507 e. The number of fused-ring (bicyclic) bond motifs is 1. The van der Waals surface area contributed by atoms with E-state index in [9.17, 15) is 23.4 Å². The van der Waals surface area contributed by atoms with E-state index in [0.717, 1.165) is 31.4 Å². The molecule has 4 rings (SSSR count). The maximum absolute atomic E-state index is 12.4. The standard InChI is InChI=1S/C20H19F3N4O3/c21-20(22,23)30-11-5-6-13(17(29)9-11)18-12-7-8-24-10-14(12)19(27-26-18)25-15-3-1-2-4-16(15)28/h5-10,15-16,28-29H,1-4H2,(H,25,27)/t15-,16-/m1/s1. The number of aromatic nitrogens is 3. The molecule has 1 saturated carbocycles. The van der Waals surface area contributed by atoms with Gasteiger partial charge in [0.15, 0.2) is 5.82 Å². The Morgan fingerprint density at radius 2 is 1.87 bits per heavy atom. The van der Waals surface area contributed by atoms with Crippen molar-refractivity contribution >= 4 is 16.6 Å². The van der Waals surface area contributed by atoms with Crippen molar-refractivity contribution in [3.8, 4) is 22.8 Å². The third-order valence-corrected chi connectivity index (χ3v) is 5.09. The summed E-state index contributed by atoms with van der Waals surface area (Å²) in [7, 11) is 0. The summed E-state index contributed by atoms with van der Waals surface area (Å²) in [5.41, 5.74) is 0.496. The van der Waals surface area contributed by atoms with Gasteiger partial charge in [-0.15, -0.1) is 23.4 Å². The van der Waals surface area contributed by atoms with Crippen LogP contribution in [-0.2, 0) is 0 Å². The summed E-state index contributed by atoms with van der Waals surface area (Å²) in [5.74, 6) is -0.510. The molecule has 1 aliphatic rings. The summed E-state index contributed by atoms with van der Waals surface area (Å²) in [5, 5.41) is 33.4. The number of phenols is 1. The normalized spacial score (nSPS) is 19.6. The molecule has 30 heavy (non-hydrogen) atoms. The minimum atomic E-state index is -4.86. The summed E-state index contributed by atoms with van der Waals surface area (Å²) < 4.78 is 41.1. The van der Waals surface area contributed by atoms with Crippen LogP contribution in [0.5, 0.6) is 11.5 Å². The zero-order valence-corrected chi connectivity index (χ0v) is 15.7. The fourth-order valence-corrected chi connectivity index (χ4v) is 3.67. The molecule has 2 atom stereocenters. The van der Waals surface area contributed by atoms with Gasteiger partial charge in [-0.3, -0.25) is 4.98 Å². The minimum absolute atomic E-state index is 0.158. The predicted molar refractivity (Wildman–Crippen MR) is 103 cm³/mol. The number of hydrogen-bond donors (Lipinski definition) is 3. The number of phenolic OH excluding ortho intramolecular Hbond substituents is 1. The average molecular weight is 420 g/mol. The van der Waals surface area contributed by atoms with Gasteiger partial charge < -0.3 is 20.3 Å². The van der Waals surface area contributed by atoms with Crippen molar-refractivity contribution in [2.24, 2.45) is 0 Å². The highest BCUT2D eigenvalue weighted by Gasteiger charge is 2.31. The molecule has 158 valence electrons. The van der Waals surface area contributed by atoms with Gasteiger partial charge in [-0.2, -0.15) is 0 Å². The molecule has 1 aliphatic carbocycles. The molecule has 1 aromatic carbocycles. The van der Waals surface area contributed by atoms with E-state index in [0.29, 0.717) is 28.7 Å². The van der Waals surface area contributed by atoms with E-state index in [1.54, 1.807) is 18.5 Å². The van der Waals surface area contributed by atoms with Crippen molar-refractivity contribution in [1.29, 1.82) is 0 Å². The van der Waals surface area contributed by atoms with Crippen LogP contribution in [0.4, 0.5) is 19.0 Å². The summed E-state index contributed by atoms with van der Waals surface area (Å²) in [6.07, 6.45) is 1.26. The van der Waals surface area contributed by atoms with Crippen molar-refractivity contribution in [1.82, 2.24) is 15.2 Å². The molecule has 0 spiro atoms. The SMILES string of the molecule is Oc1cc(OC(F)(F)F)ccc1-c1nnc(N[C@@H]2CCCC[C@H]2O)c2cnccc12. The number of halogens is 3. The van der Waals surface area contributed by atoms with Crippen LogP contribution in [0.3, 0.4) is 0 Å². The van der Waals surface area contributed by atoms with Crippen molar-refractivity contribution in [2.75, 3.05) is 5.32 Å². The second kappa shape index (κ2) is 7.94. The molecule has 2 heterocycles. The van der Waals surface area contributed by atoms with Gasteiger partial charge in [0.25, 0.3) is 0 Å². The Bertz CT molecular complexity index is 1060. The maximum atomic E-state index is 12.4. The average Bonchev–Trinajstić information content (AvgIpc) is 2.69. The Labute approximate surface area is 169 Å². The number of aliphatic hydroxyl groups excluding tert-OH is 1. The van der Waals surface area contributed by atoms with Crippen LogP contribution in [0.1, 0.15) is 25.7 Å². The van der Waals surface area contributed by atoms with Gasteiger partial charge >= 0.3 is 6.36 Å². The molecule has 0 radical (unpaired) electrons. The fourth-order valence-electron chi connectivity index (χ4n) is 3.67. The molecule has 0 aliphatic heterocycles. The number of rotatable bonds is 4. The van der Waals surface area contributed by atoms with Gasteiger partial charge in [0, 0.05) is 34.8 Å². The van der Waals surface area contributed by atoms with E-state index in [1.165, 1.54) is 6.07 Å². The first kappa shape index (κ1) is 20.1. The lowest BCUT2D eigenvalue weighted by Crippen LogP contribution is -2.36. The zero-order valence-electron chi connectivity index (χ0n) is 15.7. The van der Waals surface area contributed by atoms with E-state index in [1.807, 2.05) is 0 Å². The molecular formula is C20H19F3N4O3. The number of ether oxygens (including phenoxy) is 1. The lowest BCUT2D eigenvalue weighted by molar-refractivity contribution is -0.274. The molecule has 3 N–H and O–H groups in total. The van der Waals surface area contributed by atoms with Crippen LogP contribution in [0.15, 0.2) is 36.7 Å². The van der Waals surface area contributed by atoms with Gasteiger partial charge in [0.1, 0.15) is 17.2 Å². The van der Waals surface area contributed by atoms with Crippen molar-refractivity contribution in [2.45, 2.75) is 44.2 Å². The molecule has 10 heteroatoms. The number of pyridine rings is 1. The third-order valence-electron chi connectivity index (χ3n) is 5.09. The number of nitrogens with zero attached hydrogens (tertiary/aromatic N) is 3. The lowest BCUT2D eigenvalue weighted by Gasteiger charge is -2.29. The van der Waals surface area contributed by atoms with E-state index in [4.69, 9.17) is 0 Å². The lowest BCUT2D eigenvalue weighted by atomic mass is 9.92. The molecule has 2 aromatic heterocycles. The first-order chi connectivity index (χ1) is 14.3. The summed E-state index contributed by atoms with van der Waals surface area (Å²) >= 11 is 0. The monoisotopic (exact) mass is 420 g/mol. The quantitative estimate of drug-likeness (QED) is 0.586. The second-order valence-corrected chi connectivity index (χ2v) is 7.15. The molecule has 3 aromatic rings. The molecule has 0 amide bonds. The smallest absolute Gasteiger partial charge is 0.507 e. The number of aliphatic hydroxyl groups is 1. The Balaban J connectivity index is 1.71. The van der Waals surface area contributed by atoms with Gasteiger partial charge in [0.05, 0.1) is 12.1 Å². The van der Waals surface area contributed by atoms with Crippen molar-refractivity contribution in [3.63, 3.8) is 0 Å². The molecule has 0 bridgehead atoms. The van der Waals surface area contributed by atoms with E-state index in [-0.39, 0.29) is 11.6 Å². The van der Waals surface area contributed by atoms with Gasteiger partial charge in [-0.25, -0.2) is 0 Å². The van der Waals surface area contributed by atoms with Crippen LogP contribution >= 0.6 is 0 Å². The molecule has 7 nitrogen and oxygen atoms in total. The highest BCUT2D eigenvalue weighted by molar-refractivity contribution is 6.00. The number of hydrogen-bond acceptors (Lipinski definition) is 7.